The second-order valence-corrected chi connectivity index (χ2v) is 7.15. The predicted octanol–water partition coefficient (Wildman–Crippen LogP) is 4.55. The van der Waals surface area contributed by atoms with Crippen molar-refractivity contribution < 1.29 is 14.4 Å². The molecule has 152 valence electrons. The van der Waals surface area contributed by atoms with Gasteiger partial charge in [0.1, 0.15) is 0 Å². The number of benzene rings is 3. The summed E-state index contributed by atoms with van der Waals surface area (Å²) in [6.07, 6.45) is 0. The number of anilines is 2. The van der Waals surface area contributed by atoms with Crippen molar-refractivity contribution in [1.29, 1.82) is 0 Å². The first kappa shape index (κ1) is 21.1. The largest absolute Gasteiger partial charge is 0.345 e. The fourth-order valence-corrected chi connectivity index (χ4v) is 2.87. The van der Waals surface area contributed by atoms with Crippen LogP contribution in [0.15, 0.2) is 72.8 Å². The number of halogens is 1. The molecule has 3 rings (SSSR count). The van der Waals surface area contributed by atoms with Gasteiger partial charge < -0.3 is 15.5 Å². The van der Waals surface area contributed by atoms with Crippen LogP contribution in [-0.2, 0) is 0 Å². The highest BCUT2D eigenvalue weighted by molar-refractivity contribution is 6.34. The Morgan fingerprint density at radius 1 is 0.733 bits per heavy atom. The fraction of sp³-hybridized carbons (Fsp3) is 0.0870. The molecule has 0 saturated carbocycles. The summed E-state index contributed by atoms with van der Waals surface area (Å²) >= 11 is 6.17. The van der Waals surface area contributed by atoms with Gasteiger partial charge in [0.15, 0.2) is 0 Å². The fourth-order valence-electron chi connectivity index (χ4n) is 2.70. The van der Waals surface area contributed by atoms with Crippen LogP contribution in [-0.4, -0.2) is 36.7 Å². The summed E-state index contributed by atoms with van der Waals surface area (Å²) in [6, 6.07) is 20.0. The first-order valence-corrected chi connectivity index (χ1v) is 9.52. The Bertz CT molecular complexity index is 1080. The van der Waals surface area contributed by atoms with Crippen molar-refractivity contribution in [1.82, 2.24) is 4.90 Å². The summed E-state index contributed by atoms with van der Waals surface area (Å²) in [5.74, 6) is -0.810. The van der Waals surface area contributed by atoms with Crippen LogP contribution in [0.4, 0.5) is 11.4 Å². The van der Waals surface area contributed by atoms with Gasteiger partial charge >= 0.3 is 0 Å². The predicted molar refractivity (Wildman–Crippen MR) is 118 cm³/mol. The van der Waals surface area contributed by atoms with E-state index in [1.807, 2.05) is 6.07 Å². The first-order chi connectivity index (χ1) is 14.3. The zero-order chi connectivity index (χ0) is 21.7. The number of hydrogen-bond acceptors (Lipinski definition) is 3. The Labute approximate surface area is 179 Å². The number of nitrogens with one attached hydrogen (secondary N) is 2. The van der Waals surface area contributed by atoms with Crippen molar-refractivity contribution in [2.24, 2.45) is 0 Å². The highest BCUT2D eigenvalue weighted by Crippen LogP contribution is 2.24. The number of rotatable bonds is 5. The van der Waals surface area contributed by atoms with Crippen LogP contribution in [0.2, 0.25) is 5.02 Å². The molecule has 0 atom stereocenters. The van der Waals surface area contributed by atoms with E-state index >= 15 is 0 Å². The molecular formula is C23H20ClN3O3. The molecule has 0 aliphatic heterocycles. The van der Waals surface area contributed by atoms with Crippen LogP contribution in [0.3, 0.4) is 0 Å². The maximum Gasteiger partial charge on any atom is 0.255 e. The highest BCUT2D eigenvalue weighted by Gasteiger charge is 2.14. The van der Waals surface area contributed by atoms with Gasteiger partial charge in [0.25, 0.3) is 17.7 Å². The van der Waals surface area contributed by atoms with Crippen LogP contribution < -0.4 is 10.6 Å². The third-order valence-electron chi connectivity index (χ3n) is 4.31. The van der Waals surface area contributed by atoms with Crippen LogP contribution >= 0.6 is 11.6 Å². The van der Waals surface area contributed by atoms with E-state index in [0.717, 1.165) is 0 Å². The van der Waals surface area contributed by atoms with Gasteiger partial charge in [-0.1, -0.05) is 29.8 Å². The van der Waals surface area contributed by atoms with E-state index in [1.54, 1.807) is 74.8 Å². The lowest BCUT2D eigenvalue weighted by Crippen LogP contribution is -2.22. The average Bonchev–Trinajstić information content (AvgIpc) is 2.75. The quantitative estimate of drug-likeness (QED) is 0.634. The van der Waals surface area contributed by atoms with Crippen LogP contribution in [0, 0.1) is 0 Å². The highest BCUT2D eigenvalue weighted by atomic mass is 35.5. The topological polar surface area (TPSA) is 78.5 Å². The summed E-state index contributed by atoms with van der Waals surface area (Å²) in [6.45, 7) is 0. The normalized spacial score (nSPS) is 10.2. The van der Waals surface area contributed by atoms with E-state index in [4.69, 9.17) is 11.6 Å². The molecule has 3 amide bonds. The lowest BCUT2D eigenvalue weighted by Gasteiger charge is -2.13. The van der Waals surface area contributed by atoms with Gasteiger partial charge in [0.2, 0.25) is 0 Å². The smallest absolute Gasteiger partial charge is 0.255 e. The van der Waals surface area contributed by atoms with E-state index in [2.05, 4.69) is 10.6 Å². The molecule has 6 nitrogen and oxygen atoms in total. The summed E-state index contributed by atoms with van der Waals surface area (Å²) in [4.78, 5) is 38.4. The third kappa shape index (κ3) is 5.04. The van der Waals surface area contributed by atoms with Crippen LogP contribution in [0.1, 0.15) is 31.1 Å². The molecule has 0 unspecified atom stereocenters. The van der Waals surface area contributed by atoms with Gasteiger partial charge in [-0.15, -0.1) is 0 Å². The van der Waals surface area contributed by atoms with E-state index in [1.165, 1.54) is 11.0 Å². The van der Waals surface area contributed by atoms with Crippen molar-refractivity contribution in [3.63, 3.8) is 0 Å². The Morgan fingerprint density at radius 2 is 1.30 bits per heavy atom. The molecular weight excluding hydrogens is 402 g/mol. The standard InChI is InChI=1S/C23H20ClN3O3/c1-27(2)23(30)17-10-13-19(24)20(14-17)26-22(29)16-8-11-18(12-9-16)25-21(28)15-6-4-3-5-7-15/h3-14H,1-2H3,(H,25,28)(H,26,29). The van der Waals surface area contributed by atoms with Gasteiger partial charge in [-0.3, -0.25) is 14.4 Å². The lowest BCUT2D eigenvalue weighted by molar-refractivity contribution is 0.0827. The minimum Gasteiger partial charge on any atom is -0.345 e. The molecule has 0 aromatic heterocycles. The van der Waals surface area contributed by atoms with Crippen molar-refractivity contribution in [3.05, 3.63) is 94.5 Å². The average molecular weight is 422 g/mol. The molecule has 30 heavy (non-hydrogen) atoms. The molecule has 3 aromatic carbocycles. The summed E-state index contributed by atoms with van der Waals surface area (Å²) in [5, 5.41) is 5.82. The monoisotopic (exact) mass is 421 g/mol. The summed E-state index contributed by atoms with van der Waals surface area (Å²) in [7, 11) is 3.29. The first-order valence-electron chi connectivity index (χ1n) is 9.14. The molecule has 0 bridgehead atoms. The van der Waals surface area contributed by atoms with E-state index in [0.29, 0.717) is 33.1 Å². The Kier molecular flexibility index (Phi) is 6.49. The van der Waals surface area contributed by atoms with Gasteiger partial charge in [0.05, 0.1) is 10.7 Å². The Morgan fingerprint density at radius 3 is 1.93 bits per heavy atom. The molecule has 0 fully saturated rings. The summed E-state index contributed by atoms with van der Waals surface area (Å²) in [5.41, 5.74) is 2.25. The maximum absolute atomic E-state index is 12.6. The number of carbonyl (C=O) groups excluding carboxylic acids is 3. The van der Waals surface area contributed by atoms with E-state index < -0.39 is 0 Å². The van der Waals surface area contributed by atoms with Gasteiger partial charge in [0, 0.05) is 36.5 Å². The zero-order valence-electron chi connectivity index (χ0n) is 16.5. The molecule has 0 aliphatic carbocycles. The maximum atomic E-state index is 12.6. The number of carbonyl (C=O) groups is 3. The number of nitrogens with zero attached hydrogens (tertiary/aromatic N) is 1. The molecule has 0 saturated heterocycles. The van der Waals surface area contributed by atoms with Crippen LogP contribution in [0.25, 0.3) is 0 Å². The van der Waals surface area contributed by atoms with Crippen molar-refractivity contribution in [2.75, 3.05) is 24.7 Å². The number of hydrogen-bond donors (Lipinski definition) is 2. The SMILES string of the molecule is CN(C)C(=O)c1ccc(Cl)c(NC(=O)c2ccc(NC(=O)c3ccccc3)cc2)c1. The molecule has 0 aliphatic rings. The second kappa shape index (κ2) is 9.24. The minimum atomic E-state index is -0.382. The van der Waals surface area contributed by atoms with Gasteiger partial charge in [-0.25, -0.2) is 0 Å². The van der Waals surface area contributed by atoms with Crippen molar-refractivity contribution >= 4 is 40.7 Å². The van der Waals surface area contributed by atoms with Gasteiger partial charge in [-0.05, 0) is 54.6 Å². The molecule has 0 heterocycles. The van der Waals surface area contributed by atoms with Crippen molar-refractivity contribution in [3.8, 4) is 0 Å². The van der Waals surface area contributed by atoms with Crippen LogP contribution in [0.5, 0.6) is 0 Å². The van der Waals surface area contributed by atoms with E-state index in [9.17, 15) is 14.4 Å². The lowest BCUT2D eigenvalue weighted by atomic mass is 10.1. The van der Waals surface area contributed by atoms with E-state index in [-0.39, 0.29) is 17.7 Å². The number of amides is 3. The summed E-state index contributed by atoms with van der Waals surface area (Å²) < 4.78 is 0. The van der Waals surface area contributed by atoms with Gasteiger partial charge in [-0.2, -0.15) is 0 Å². The molecule has 0 spiro atoms. The van der Waals surface area contributed by atoms with Crippen molar-refractivity contribution in [2.45, 2.75) is 0 Å². The molecule has 0 radical (unpaired) electrons. The minimum absolute atomic E-state index is 0.194. The third-order valence-corrected chi connectivity index (χ3v) is 4.64. The zero-order valence-corrected chi connectivity index (χ0v) is 17.2. The Hall–Kier alpha value is -3.64. The Balaban J connectivity index is 1.70. The molecule has 3 aromatic rings. The second-order valence-electron chi connectivity index (χ2n) is 6.75. The molecule has 7 heteroatoms. The molecule has 2 N–H and O–H groups in total.